The minimum atomic E-state index is -0.420. The molecule has 1 aliphatic heterocycles. The molecular formula is C30H36N6O3. The van der Waals surface area contributed by atoms with Crippen LogP contribution in [0.5, 0.6) is 5.75 Å². The number of pyridine rings is 2. The van der Waals surface area contributed by atoms with E-state index in [0.717, 1.165) is 60.2 Å². The second-order valence-corrected chi connectivity index (χ2v) is 10.8. The number of aromatic nitrogens is 2. The molecule has 2 aliphatic rings. The number of ether oxygens (including phenoxy) is 1. The van der Waals surface area contributed by atoms with Gasteiger partial charge >= 0.3 is 0 Å². The molecule has 2 aromatic heterocycles. The summed E-state index contributed by atoms with van der Waals surface area (Å²) in [6, 6.07) is 9.29. The number of benzene rings is 1. The number of nitrogens with one attached hydrogen (secondary N) is 2. The molecule has 0 radical (unpaired) electrons. The monoisotopic (exact) mass is 528 g/mol. The number of amides is 1. The van der Waals surface area contributed by atoms with Gasteiger partial charge in [0, 0.05) is 49.7 Å². The van der Waals surface area contributed by atoms with E-state index in [1.165, 1.54) is 7.11 Å². The SMILES string of the molecule is COc1cc([C@H](C)NC(=O)c2c(N3CCN[C@@H](C)CC3)c3cc(C)nc(C4CC4)c3n(C)c2=O)ccc1C#N. The minimum absolute atomic E-state index is 0.152. The number of aryl methyl sites for hydroxylation is 2. The summed E-state index contributed by atoms with van der Waals surface area (Å²) in [5.74, 6) is 0.374. The van der Waals surface area contributed by atoms with Crippen molar-refractivity contribution in [3.63, 3.8) is 0 Å². The van der Waals surface area contributed by atoms with Crippen LogP contribution in [0.1, 0.15) is 77.9 Å². The molecule has 39 heavy (non-hydrogen) atoms. The zero-order valence-corrected chi connectivity index (χ0v) is 23.3. The second-order valence-electron chi connectivity index (χ2n) is 10.8. The quantitative estimate of drug-likeness (QED) is 0.502. The number of carbonyl (C=O) groups is 1. The molecule has 2 atom stereocenters. The number of nitrogens with zero attached hydrogens (tertiary/aromatic N) is 4. The highest BCUT2D eigenvalue weighted by Crippen LogP contribution is 2.43. The maximum Gasteiger partial charge on any atom is 0.265 e. The summed E-state index contributed by atoms with van der Waals surface area (Å²) in [5, 5.41) is 16.8. The molecule has 5 rings (SSSR count). The first-order chi connectivity index (χ1) is 18.7. The topological polar surface area (TPSA) is 112 Å². The third-order valence-corrected chi connectivity index (χ3v) is 7.90. The van der Waals surface area contributed by atoms with Crippen molar-refractivity contribution in [2.24, 2.45) is 7.05 Å². The average Bonchev–Trinajstić information content (AvgIpc) is 3.78. The Morgan fingerprint density at radius 1 is 1.26 bits per heavy atom. The third kappa shape index (κ3) is 5.09. The number of hydrogen-bond donors (Lipinski definition) is 2. The first-order valence-corrected chi connectivity index (χ1v) is 13.6. The normalized spacial score (nSPS) is 18.4. The van der Waals surface area contributed by atoms with Crippen molar-refractivity contribution in [3.05, 3.63) is 62.7 Å². The fourth-order valence-electron chi connectivity index (χ4n) is 5.56. The summed E-state index contributed by atoms with van der Waals surface area (Å²) in [4.78, 5) is 35.0. The van der Waals surface area contributed by atoms with E-state index < -0.39 is 11.9 Å². The van der Waals surface area contributed by atoms with Crippen molar-refractivity contribution in [1.29, 1.82) is 5.26 Å². The van der Waals surface area contributed by atoms with Crippen LogP contribution in [0, 0.1) is 18.3 Å². The Bertz CT molecular complexity index is 1530. The van der Waals surface area contributed by atoms with Gasteiger partial charge in [-0.2, -0.15) is 5.26 Å². The van der Waals surface area contributed by atoms with Crippen LogP contribution in [0.4, 0.5) is 5.69 Å². The Hall–Kier alpha value is -3.90. The lowest BCUT2D eigenvalue weighted by Crippen LogP contribution is -2.39. The van der Waals surface area contributed by atoms with Crippen LogP contribution in [-0.4, -0.2) is 48.2 Å². The molecule has 0 spiro atoms. The predicted molar refractivity (Wildman–Crippen MR) is 152 cm³/mol. The standard InChI is InChI=1S/C30H36N6O3/c1-17-10-12-36(13-11-32-17)27-23-14-18(2)33-26(20-6-7-20)28(23)35(4)30(38)25(27)29(37)34-19(3)21-8-9-22(16-31)24(15-21)39-5/h8-9,14-15,17,19-20,32H,6-7,10-13H2,1-5H3,(H,34,37)/t17-,19-/m0/s1. The highest BCUT2D eigenvalue weighted by Gasteiger charge is 2.33. The molecule has 3 heterocycles. The van der Waals surface area contributed by atoms with Crippen LogP contribution in [-0.2, 0) is 7.05 Å². The highest BCUT2D eigenvalue weighted by atomic mass is 16.5. The number of hydrogen-bond acceptors (Lipinski definition) is 7. The van der Waals surface area contributed by atoms with Gasteiger partial charge < -0.3 is 24.8 Å². The molecule has 2 N–H and O–H groups in total. The van der Waals surface area contributed by atoms with E-state index in [4.69, 9.17) is 9.72 Å². The Balaban J connectivity index is 1.64. The highest BCUT2D eigenvalue weighted by molar-refractivity contribution is 6.08. The van der Waals surface area contributed by atoms with Crippen molar-refractivity contribution in [2.75, 3.05) is 31.6 Å². The summed E-state index contributed by atoms with van der Waals surface area (Å²) in [6.45, 7) is 8.19. The van der Waals surface area contributed by atoms with E-state index in [-0.39, 0.29) is 11.1 Å². The molecule has 1 amide bonds. The van der Waals surface area contributed by atoms with Gasteiger partial charge in [-0.25, -0.2) is 0 Å². The molecule has 3 aromatic rings. The van der Waals surface area contributed by atoms with Crippen molar-refractivity contribution in [2.45, 2.75) is 58.0 Å². The van der Waals surface area contributed by atoms with E-state index in [1.54, 1.807) is 29.8 Å². The van der Waals surface area contributed by atoms with Gasteiger partial charge in [0.25, 0.3) is 11.5 Å². The van der Waals surface area contributed by atoms with Gasteiger partial charge in [0.2, 0.25) is 0 Å². The first-order valence-electron chi connectivity index (χ1n) is 13.6. The van der Waals surface area contributed by atoms with Crippen molar-refractivity contribution >= 4 is 22.5 Å². The van der Waals surface area contributed by atoms with Crippen LogP contribution in [0.2, 0.25) is 0 Å². The van der Waals surface area contributed by atoms with Gasteiger partial charge in [-0.05, 0) is 63.8 Å². The fraction of sp³-hybridized carbons (Fsp3) is 0.467. The van der Waals surface area contributed by atoms with Crippen molar-refractivity contribution in [3.8, 4) is 11.8 Å². The van der Waals surface area contributed by atoms with Crippen molar-refractivity contribution in [1.82, 2.24) is 20.2 Å². The van der Waals surface area contributed by atoms with Gasteiger partial charge in [0.05, 0.1) is 35.6 Å². The van der Waals surface area contributed by atoms with Gasteiger partial charge in [-0.3, -0.25) is 14.6 Å². The third-order valence-electron chi connectivity index (χ3n) is 7.90. The van der Waals surface area contributed by atoms with Gasteiger partial charge in [0.15, 0.2) is 0 Å². The number of anilines is 1. The number of methoxy groups -OCH3 is 1. The molecule has 0 unspecified atom stereocenters. The second kappa shape index (κ2) is 10.7. The molecule has 0 bridgehead atoms. The lowest BCUT2D eigenvalue weighted by atomic mass is 10.0. The van der Waals surface area contributed by atoms with Gasteiger partial charge in [-0.1, -0.05) is 6.07 Å². The molecule has 1 saturated carbocycles. The van der Waals surface area contributed by atoms with Crippen LogP contribution >= 0.6 is 0 Å². The van der Waals surface area contributed by atoms with Crippen molar-refractivity contribution < 1.29 is 9.53 Å². The molecular weight excluding hydrogens is 492 g/mol. The summed E-state index contributed by atoms with van der Waals surface area (Å²) >= 11 is 0. The molecule has 1 saturated heterocycles. The smallest absolute Gasteiger partial charge is 0.265 e. The zero-order valence-electron chi connectivity index (χ0n) is 23.3. The molecule has 9 nitrogen and oxygen atoms in total. The van der Waals surface area contributed by atoms with Crippen LogP contribution < -0.4 is 25.8 Å². The molecule has 1 aromatic carbocycles. The molecule has 204 valence electrons. The maximum atomic E-state index is 14.0. The summed E-state index contributed by atoms with van der Waals surface area (Å²) < 4.78 is 6.97. The van der Waals surface area contributed by atoms with Crippen LogP contribution in [0.25, 0.3) is 10.9 Å². The van der Waals surface area contributed by atoms with Crippen LogP contribution in [0.3, 0.4) is 0 Å². The van der Waals surface area contributed by atoms with E-state index in [0.29, 0.717) is 35.5 Å². The summed E-state index contributed by atoms with van der Waals surface area (Å²) in [7, 11) is 3.26. The van der Waals surface area contributed by atoms with Gasteiger partial charge in [-0.15, -0.1) is 0 Å². The molecule has 1 aliphatic carbocycles. The van der Waals surface area contributed by atoms with Crippen LogP contribution in [0.15, 0.2) is 29.1 Å². The largest absolute Gasteiger partial charge is 0.495 e. The van der Waals surface area contributed by atoms with E-state index in [1.807, 2.05) is 19.9 Å². The lowest BCUT2D eigenvalue weighted by Gasteiger charge is -2.28. The van der Waals surface area contributed by atoms with E-state index >= 15 is 0 Å². The van der Waals surface area contributed by atoms with E-state index in [2.05, 4.69) is 28.5 Å². The number of rotatable bonds is 6. The predicted octanol–water partition coefficient (Wildman–Crippen LogP) is 3.68. The molecule has 9 heteroatoms. The van der Waals surface area contributed by atoms with E-state index in [9.17, 15) is 14.9 Å². The number of fused-ring (bicyclic) bond motifs is 1. The zero-order chi connectivity index (χ0) is 27.8. The Labute approximate surface area is 228 Å². The Morgan fingerprint density at radius 3 is 2.72 bits per heavy atom. The first kappa shape index (κ1) is 26.7. The average molecular weight is 529 g/mol. The molecule has 2 fully saturated rings. The Morgan fingerprint density at radius 2 is 2.03 bits per heavy atom. The Kier molecular flexibility index (Phi) is 7.32. The maximum absolute atomic E-state index is 14.0. The summed E-state index contributed by atoms with van der Waals surface area (Å²) in [6.07, 6.45) is 3.03. The van der Waals surface area contributed by atoms with Gasteiger partial charge in [0.1, 0.15) is 17.4 Å². The number of nitriles is 1. The minimum Gasteiger partial charge on any atom is -0.495 e. The lowest BCUT2D eigenvalue weighted by molar-refractivity contribution is 0.0938. The fourth-order valence-corrected chi connectivity index (χ4v) is 5.56. The number of carbonyl (C=O) groups excluding carboxylic acids is 1. The summed E-state index contributed by atoms with van der Waals surface area (Å²) in [5.41, 5.74) is 4.39.